The summed E-state index contributed by atoms with van der Waals surface area (Å²) >= 11 is 2.65. The quantitative estimate of drug-likeness (QED) is 0.528. The van der Waals surface area contributed by atoms with Gasteiger partial charge in [-0.1, -0.05) is 29.4 Å². The maximum Gasteiger partial charge on any atom is 0.308 e. The van der Waals surface area contributed by atoms with Crippen molar-refractivity contribution in [1.82, 2.24) is 9.55 Å². The van der Waals surface area contributed by atoms with Gasteiger partial charge in [0.05, 0.1) is 27.0 Å². The number of nitrogens with zero attached hydrogens (tertiary/aromatic N) is 3. The number of anilines is 1. The molecule has 0 aliphatic heterocycles. The molecule has 0 spiro atoms. The Balaban J connectivity index is 1.81. The number of benzene rings is 2. The topological polar surface area (TPSA) is 76.3 Å². The monoisotopic (exact) mass is 406 g/mol. The normalized spacial score (nSPS) is 11.6. The Morgan fingerprint density at radius 2 is 2.04 bits per heavy atom. The van der Waals surface area contributed by atoms with Crippen LogP contribution in [-0.2, 0) is 11.3 Å². The minimum atomic E-state index is -0.402. The summed E-state index contributed by atoms with van der Waals surface area (Å²) in [6.07, 6.45) is 5.51. The second-order valence-corrected chi connectivity index (χ2v) is 7.98. The van der Waals surface area contributed by atoms with Crippen molar-refractivity contribution in [2.24, 2.45) is 4.99 Å². The van der Waals surface area contributed by atoms with Crippen LogP contribution >= 0.6 is 22.7 Å². The molecule has 28 heavy (non-hydrogen) atoms. The third-order valence-corrected chi connectivity index (χ3v) is 5.99. The smallest absolute Gasteiger partial charge is 0.308 e. The highest BCUT2D eigenvalue weighted by atomic mass is 32.1. The summed E-state index contributed by atoms with van der Waals surface area (Å²) in [7, 11) is 0. The van der Waals surface area contributed by atoms with Crippen molar-refractivity contribution in [2.45, 2.75) is 13.5 Å². The van der Waals surface area contributed by atoms with Gasteiger partial charge in [0.15, 0.2) is 9.81 Å². The van der Waals surface area contributed by atoms with Crippen molar-refractivity contribution >= 4 is 60.6 Å². The van der Waals surface area contributed by atoms with Crippen LogP contribution in [0.15, 0.2) is 47.5 Å². The van der Waals surface area contributed by atoms with Gasteiger partial charge in [-0.3, -0.25) is 9.59 Å². The Morgan fingerprint density at radius 3 is 2.79 bits per heavy atom. The van der Waals surface area contributed by atoms with Gasteiger partial charge in [-0.05, 0) is 30.3 Å². The molecule has 4 aromatic rings. The molecule has 8 heteroatoms. The van der Waals surface area contributed by atoms with Crippen molar-refractivity contribution < 1.29 is 9.59 Å². The molecule has 0 atom stereocenters. The van der Waals surface area contributed by atoms with Gasteiger partial charge < -0.3 is 9.88 Å². The first-order valence-corrected chi connectivity index (χ1v) is 9.97. The molecule has 6 nitrogen and oxygen atoms in total. The number of terminal acetylenes is 1. The van der Waals surface area contributed by atoms with Crippen molar-refractivity contribution in [3.63, 3.8) is 0 Å². The van der Waals surface area contributed by atoms with E-state index in [0.717, 1.165) is 20.4 Å². The molecule has 1 N–H and O–H groups in total. The van der Waals surface area contributed by atoms with Crippen LogP contribution in [0.5, 0.6) is 0 Å². The Kier molecular flexibility index (Phi) is 4.77. The molecule has 2 aromatic heterocycles. The van der Waals surface area contributed by atoms with Crippen molar-refractivity contribution in [3.05, 3.63) is 52.3 Å². The van der Waals surface area contributed by atoms with E-state index in [4.69, 9.17) is 6.42 Å². The molecule has 0 saturated carbocycles. The number of fused-ring (bicyclic) bond motifs is 2. The highest BCUT2D eigenvalue weighted by molar-refractivity contribution is 7.20. The van der Waals surface area contributed by atoms with Gasteiger partial charge in [0.2, 0.25) is 5.91 Å². The Hall–Kier alpha value is -3.28. The Labute approximate surface area is 168 Å². The minimum absolute atomic E-state index is 0.150. The minimum Gasteiger partial charge on any atom is -0.326 e. The predicted molar refractivity (Wildman–Crippen MR) is 112 cm³/mol. The summed E-state index contributed by atoms with van der Waals surface area (Å²) in [5, 5.41) is 3.09. The van der Waals surface area contributed by atoms with Crippen LogP contribution in [0.2, 0.25) is 0 Å². The van der Waals surface area contributed by atoms with Crippen LogP contribution in [-0.4, -0.2) is 21.4 Å². The van der Waals surface area contributed by atoms with Gasteiger partial charge in [0, 0.05) is 12.6 Å². The second-order valence-electron chi connectivity index (χ2n) is 5.94. The van der Waals surface area contributed by atoms with Crippen molar-refractivity contribution in [3.8, 4) is 12.3 Å². The molecular formula is C20H14N4O2S2. The number of aromatic nitrogens is 2. The molecule has 0 unspecified atom stereocenters. The Morgan fingerprint density at radius 1 is 1.21 bits per heavy atom. The summed E-state index contributed by atoms with van der Waals surface area (Å²) in [5.41, 5.74) is 2.31. The number of hydrogen-bond donors (Lipinski definition) is 1. The third-order valence-electron chi connectivity index (χ3n) is 3.93. The molecule has 138 valence electrons. The predicted octanol–water partition coefficient (Wildman–Crippen LogP) is 3.65. The van der Waals surface area contributed by atoms with Gasteiger partial charge in [0.25, 0.3) is 0 Å². The molecule has 0 fully saturated rings. The van der Waals surface area contributed by atoms with E-state index in [2.05, 4.69) is 21.2 Å². The molecule has 2 heterocycles. The molecule has 2 aromatic carbocycles. The number of para-hydroxylation sites is 1. The van der Waals surface area contributed by atoms with Gasteiger partial charge in [-0.25, -0.2) is 4.98 Å². The van der Waals surface area contributed by atoms with Crippen molar-refractivity contribution in [1.29, 1.82) is 0 Å². The first kappa shape index (κ1) is 18.1. The highest BCUT2D eigenvalue weighted by Crippen LogP contribution is 2.24. The third kappa shape index (κ3) is 3.45. The van der Waals surface area contributed by atoms with Crippen LogP contribution in [0.1, 0.15) is 16.7 Å². The fraction of sp³-hybridized carbons (Fsp3) is 0.100. The number of amides is 2. The lowest BCUT2D eigenvalue weighted by molar-refractivity contribution is -0.114. The highest BCUT2D eigenvalue weighted by Gasteiger charge is 2.13. The maximum absolute atomic E-state index is 12.7. The van der Waals surface area contributed by atoms with Crippen molar-refractivity contribution in [2.75, 3.05) is 5.32 Å². The van der Waals surface area contributed by atoms with Crippen LogP contribution in [0.4, 0.5) is 5.69 Å². The molecule has 0 radical (unpaired) electrons. The van der Waals surface area contributed by atoms with Gasteiger partial charge >= 0.3 is 5.91 Å². The number of hydrogen-bond acceptors (Lipinski definition) is 5. The number of rotatable bonds is 3. The molecule has 0 aliphatic rings. The molecule has 4 rings (SSSR count). The number of thiazole rings is 2. The summed E-state index contributed by atoms with van der Waals surface area (Å²) in [6.45, 7) is 1.74. The van der Waals surface area contributed by atoms with E-state index >= 15 is 0 Å². The van der Waals surface area contributed by atoms with Crippen LogP contribution < -0.4 is 10.1 Å². The number of nitrogens with one attached hydrogen (secondary N) is 1. The average molecular weight is 406 g/mol. The van der Waals surface area contributed by atoms with E-state index < -0.39 is 5.91 Å². The maximum atomic E-state index is 12.7. The van der Waals surface area contributed by atoms with E-state index in [1.807, 2.05) is 41.0 Å². The largest absolute Gasteiger partial charge is 0.326 e. The average Bonchev–Trinajstić information content (AvgIpc) is 3.23. The SMILES string of the molecule is C#CCn1c(=NC(=O)c2nc3ccccc3s2)sc2cc(NC(C)=O)ccc21. The van der Waals surface area contributed by atoms with Crippen LogP contribution in [0.3, 0.4) is 0 Å². The summed E-state index contributed by atoms with van der Waals surface area (Å²) in [4.78, 5) is 33.1. The van der Waals surface area contributed by atoms with E-state index in [1.54, 1.807) is 6.07 Å². The zero-order valence-electron chi connectivity index (χ0n) is 14.8. The number of carbonyl (C=O) groups is 2. The first-order chi connectivity index (χ1) is 13.5. The number of carbonyl (C=O) groups excluding carboxylic acids is 2. The van der Waals surface area contributed by atoms with Crippen LogP contribution in [0, 0.1) is 12.3 Å². The molecule has 0 bridgehead atoms. The van der Waals surface area contributed by atoms with Crippen LogP contribution in [0.25, 0.3) is 20.4 Å². The lowest BCUT2D eigenvalue weighted by atomic mass is 10.3. The fourth-order valence-electron chi connectivity index (χ4n) is 2.78. The van der Waals surface area contributed by atoms with E-state index in [1.165, 1.54) is 29.6 Å². The molecule has 2 amide bonds. The lowest BCUT2D eigenvalue weighted by Crippen LogP contribution is -2.16. The van der Waals surface area contributed by atoms with Gasteiger partial charge in [-0.2, -0.15) is 4.99 Å². The van der Waals surface area contributed by atoms with Gasteiger partial charge in [0.1, 0.15) is 0 Å². The first-order valence-electron chi connectivity index (χ1n) is 8.34. The zero-order chi connectivity index (χ0) is 19.7. The van der Waals surface area contributed by atoms with E-state index in [9.17, 15) is 9.59 Å². The van der Waals surface area contributed by atoms with E-state index in [0.29, 0.717) is 15.5 Å². The van der Waals surface area contributed by atoms with E-state index in [-0.39, 0.29) is 12.5 Å². The lowest BCUT2D eigenvalue weighted by Gasteiger charge is -2.03. The molecule has 0 aliphatic carbocycles. The Bertz CT molecular complexity index is 1300. The summed E-state index contributed by atoms with van der Waals surface area (Å²) < 4.78 is 3.62. The summed E-state index contributed by atoms with van der Waals surface area (Å²) in [5.74, 6) is 2.05. The molecule has 0 saturated heterocycles. The summed E-state index contributed by atoms with van der Waals surface area (Å²) in [6, 6.07) is 13.1. The zero-order valence-corrected chi connectivity index (χ0v) is 16.4. The second kappa shape index (κ2) is 7.38. The molecular weight excluding hydrogens is 392 g/mol. The fourth-order valence-corrected chi connectivity index (χ4v) is 4.70. The van der Waals surface area contributed by atoms with Gasteiger partial charge in [-0.15, -0.1) is 17.8 Å². The standard InChI is InChI=1S/C20H14N4O2S2/c1-3-10-24-15-9-8-13(21-12(2)25)11-17(15)28-20(24)23-18(26)19-22-14-6-4-5-7-16(14)27-19/h1,4-9,11H,10H2,2H3,(H,21,25).